The summed E-state index contributed by atoms with van der Waals surface area (Å²) in [5.41, 5.74) is 0. The van der Waals surface area contributed by atoms with E-state index in [9.17, 15) is 21.6 Å². The molecule has 0 aliphatic carbocycles. The summed E-state index contributed by atoms with van der Waals surface area (Å²) in [6, 6.07) is 0. The van der Waals surface area contributed by atoms with Gasteiger partial charge in [-0.15, -0.1) is 0 Å². The van der Waals surface area contributed by atoms with Gasteiger partial charge in [-0.2, -0.15) is 0 Å². The van der Waals surface area contributed by atoms with Crippen molar-refractivity contribution in [1.29, 1.82) is 0 Å². The van der Waals surface area contributed by atoms with Crippen LogP contribution in [0.3, 0.4) is 0 Å². The van der Waals surface area contributed by atoms with E-state index in [1.165, 1.54) is 20.0 Å². The zero-order valence-electron chi connectivity index (χ0n) is 20.8. The van der Waals surface area contributed by atoms with Gasteiger partial charge < -0.3 is 4.74 Å². The van der Waals surface area contributed by atoms with Crippen molar-refractivity contribution < 1.29 is 26.4 Å². The van der Waals surface area contributed by atoms with Gasteiger partial charge in [0.25, 0.3) is 0 Å². The van der Waals surface area contributed by atoms with Crippen LogP contribution in [-0.2, 0) is 29.2 Å². The zero-order chi connectivity index (χ0) is 24.3. The first-order valence-corrected chi connectivity index (χ1v) is 16.2. The summed E-state index contributed by atoms with van der Waals surface area (Å²) in [7, 11) is -4.99. The molecule has 6 nitrogen and oxygen atoms in total. The van der Waals surface area contributed by atoms with Gasteiger partial charge >= 0.3 is 5.97 Å². The lowest BCUT2D eigenvalue weighted by atomic mass is 10.1. The molecule has 8 heteroatoms. The van der Waals surface area contributed by atoms with Gasteiger partial charge in [0.1, 0.15) is 0 Å². The lowest BCUT2D eigenvalue weighted by molar-refractivity contribution is -0.140. The molecule has 1 atom stereocenters. The van der Waals surface area contributed by atoms with E-state index in [0.717, 1.165) is 64.2 Å². The summed E-state index contributed by atoms with van der Waals surface area (Å²) in [5.74, 6) is -0.258. The van der Waals surface area contributed by atoms with Gasteiger partial charge in [0.2, 0.25) is 0 Å². The minimum absolute atomic E-state index is 0.0306. The van der Waals surface area contributed by atoms with Gasteiger partial charge in [0.05, 0.1) is 30.1 Å². The van der Waals surface area contributed by atoms with E-state index in [0.29, 0.717) is 19.3 Å². The maximum atomic E-state index is 12.3. The first-order valence-electron chi connectivity index (χ1n) is 12.6. The van der Waals surface area contributed by atoms with Crippen LogP contribution in [0.5, 0.6) is 0 Å². The van der Waals surface area contributed by atoms with Gasteiger partial charge in [-0.05, 0) is 25.2 Å². The Hall–Kier alpha value is -0.630. The van der Waals surface area contributed by atoms with E-state index in [-0.39, 0.29) is 34.9 Å². The average molecular weight is 497 g/mol. The summed E-state index contributed by atoms with van der Waals surface area (Å²) >= 11 is 0. The topological polar surface area (TPSA) is 94.6 Å². The van der Waals surface area contributed by atoms with Crippen LogP contribution in [0.1, 0.15) is 110 Å². The second kappa shape index (κ2) is 18.8. The Balaban J connectivity index is 3.86. The number of rotatable bonds is 22. The van der Waals surface area contributed by atoms with E-state index >= 15 is 0 Å². The predicted octanol–water partition coefficient (Wildman–Crippen LogP) is 5.50. The fraction of sp³-hybridized carbons (Fsp3) is 0.958. The number of carbonyl (C=O) groups excluding carboxylic acids is 1. The molecule has 1 unspecified atom stereocenters. The Morgan fingerprint density at radius 3 is 1.44 bits per heavy atom. The van der Waals surface area contributed by atoms with Crippen LogP contribution in [0, 0.1) is 5.92 Å². The number of hydrogen-bond donors (Lipinski definition) is 0. The molecule has 0 amide bonds. The van der Waals surface area contributed by atoms with Crippen LogP contribution >= 0.6 is 0 Å². The van der Waals surface area contributed by atoms with Crippen LogP contribution in [0.15, 0.2) is 0 Å². The van der Waals surface area contributed by atoms with Gasteiger partial charge in [-0.3, -0.25) is 4.79 Å². The molecule has 0 bridgehead atoms. The fourth-order valence-electron chi connectivity index (χ4n) is 3.94. The van der Waals surface area contributed by atoms with E-state index in [1.54, 1.807) is 6.92 Å². The monoisotopic (exact) mass is 496 g/mol. The number of esters is 1. The highest BCUT2D eigenvalue weighted by Crippen LogP contribution is 2.14. The fourth-order valence-corrected chi connectivity index (χ4v) is 7.68. The second-order valence-corrected chi connectivity index (χ2v) is 13.7. The molecule has 0 saturated carbocycles. The lowest BCUT2D eigenvalue weighted by Crippen LogP contribution is -2.24. The van der Waals surface area contributed by atoms with Crippen molar-refractivity contribution >= 4 is 25.6 Å². The number of methoxy groups -OCH3 is 1. The van der Waals surface area contributed by atoms with E-state index in [1.807, 2.05) is 0 Å². The molecule has 0 radical (unpaired) electrons. The molecule has 0 heterocycles. The molecular weight excluding hydrogens is 448 g/mol. The van der Waals surface area contributed by atoms with Crippen molar-refractivity contribution in [2.75, 3.05) is 30.1 Å². The Morgan fingerprint density at radius 2 is 1.03 bits per heavy atom. The molecule has 192 valence electrons. The third-order valence-electron chi connectivity index (χ3n) is 5.70. The lowest BCUT2D eigenvalue weighted by Gasteiger charge is -2.13. The van der Waals surface area contributed by atoms with Crippen molar-refractivity contribution in [1.82, 2.24) is 0 Å². The maximum Gasteiger partial charge on any atom is 0.305 e. The Bertz CT molecular complexity index is 671. The van der Waals surface area contributed by atoms with Crippen molar-refractivity contribution in [3.63, 3.8) is 0 Å². The largest absolute Gasteiger partial charge is 0.469 e. The highest BCUT2D eigenvalue weighted by Gasteiger charge is 2.21. The molecule has 0 aromatic carbocycles. The number of sulfone groups is 2. The highest BCUT2D eigenvalue weighted by molar-refractivity contribution is 7.92. The number of hydrogen-bond acceptors (Lipinski definition) is 6. The quantitative estimate of drug-likeness (QED) is 0.145. The number of ether oxygens (including phenoxy) is 1. The van der Waals surface area contributed by atoms with Gasteiger partial charge in [0, 0.05) is 6.42 Å². The molecular formula is C24H48O6S2. The third kappa shape index (κ3) is 20.0. The Labute approximate surface area is 198 Å². The van der Waals surface area contributed by atoms with Crippen LogP contribution in [0.4, 0.5) is 0 Å². The summed E-state index contributed by atoms with van der Waals surface area (Å²) in [6.07, 6.45) is 14.3. The van der Waals surface area contributed by atoms with Crippen molar-refractivity contribution in [3.05, 3.63) is 0 Å². The van der Waals surface area contributed by atoms with E-state index in [4.69, 9.17) is 0 Å². The first kappa shape index (κ1) is 31.4. The molecule has 0 aromatic heterocycles. The smallest absolute Gasteiger partial charge is 0.305 e. The van der Waals surface area contributed by atoms with Crippen molar-refractivity contribution in [2.24, 2.45) is 5.92 Å². The van der Waals surface area contributed by atoms with Crippen LogP contribution in [0.25, 0.3) is 0 Å². The summed E-state index contributed by atoms with van der Waals surface area (Å²) in [4.78, 5) is 11.0. The van der Waals surface area contributed by atoms with Crippen LogP contribution in [0.2, 0.25) is 0 Å². The second-order valence-electron chi connectivity index (χ2n) is 9.26. The van der Waals surface area contributed by atoms with E-state index < -0.39 is 19.7 Å². The molecule has 32 heavy (non-hydrogen) atoms. The normalized spacial score (nSPS) is 13.2. The third-order valence-corrected chi connectivity index (χ3v) is 9.67. The van der Waals surface area contributed by atoms with Gasteiger partial charge in [-0.1, -0.05) is 84.5 Å². The zero-order valence-corrected chi connectivity index (χ0v) is 22.4. The molecule has 0 aromatic rings. The van der Waals surface area contributed by atoms with Gasteiger partial charge in [0.15, 0.2) is 19.7 Å². The predicted molar refractivity (Wildman–Crippen MR) is 133 cm³/mol. The number of carbonyl (C=O) groups is 1. The van der Waals surface area contributed by atoms with Crippen LogP contribution < -0.4 is 0 Å². The van der Waals surface area contributed by atoms with Crippen molar-refractivity contribution in [2.45, 2.75) is 110 Å². The Morgan fingerprint density at radius 1 is 0.656 bits per heavy atom. The first-order chi connectivity index (χ1) is 15.1. The summed E-state index contributed by atoms with van der Waals surface area (Å²) < 4.78 is 53.8. The van der Waals surface area contributed by atoms with Crippen LogP contribution in [-0.4, -0.2) is 52.9 Å². The van der Waals surface area contributed by atoms with Gasteiger partial charge in [-0.25, -0.2) is 16.8 Å². The molecule has 0 N–H and O–H groups in total. The SMILES string of the molecule is CCCCCCCCS(=O)(=O)CC(C)CS(=O)(=O)CCCCCCCCCCC(=O)OC. The average Bonchev–Trinajstić information content (AvgIpc) is 2.70. The maximum absolute atomic E-state index is 12.3. The standard InChI is InChI=1S/C24H48O6S2/c1-4-5-6-7-13-16-19-31(26,27)21-23(2)22-32(28,29)20-17-14-11-9-8-10-12-15-18-24(25)30-3/h23H,4-22H2,1-3H3. The summed E-state index contributed by atoms with van der Waals surface area (Å²) in [6.45, 7) is 3.89. The number of unbranched alkanes of at least 4 members (excludes halogenated alkanes) is 12. The molecule has 0 rings (SSSR count). The molecule has 0 aliphatic rings. The minimum Gasteiger partial charge on any atom is -0.469 e. The molecule has 0 saturated heterocycles. The van der Waals surface area contributed by atoms with Crippen molar-refractivity contribution in [3.8, 4) is 0 Å². The molecule has 0 fully saturated rings. The summed E-state index contributed by atoms with van der Waals surface area (Å²) in [5, 5.41) is 0. The van der Waals surface area contributed by atoms with E-state index in [2.05, 4.69) is 11.7 Å². The minimum atomic E-state index is -3.21. The Kier molecular flexibility index (Phi) is 18.4. The molecule has 0 aliphatic heterocycles. The molecule has 0 spiro atoms. The highest BCUT2D eigenvalue weighted by atomic mass is 32.2.